The molecule has 2 aromatic carbocycles. The first-order chi connectivity index (χ1) is 16.2. The van der Waals surface area contributed by atoms with Crippen LogP contribution in [0.5, 0.6) is 0 Å². The molecule has 0 N–H and O–H groups in total. The van der Waals surface area contributed by atoms with Gasteiger partial charge >= 0.3 is 11.9 Å². The summed E-state index contributed by atoms with van der Waals surface area (Å²) >= 11 is 0. The Morgan fingerprint density at radius 2 is 1.71 bits per heavy atom. The van der Waals surface area contributed by atoms with Gasteiger partial charge in [-0.1, -0.05) is 30.3 Å². The van der Waals surface area contributed by atoms with Crippen LogP contribution in [0.2, 0.25) is 0 Å². The molecule has 0 aliphatic carbocycles. The van der Waals surface area contributed by atoms with Crippen LogP contribution < -0.4 is 0 Å². The highest BCUT2D eigenvalue weighted by atomic mass is 19.4. The number of carbonyl (C=O) groups excluding carboxylic acids is 1. The Balaban J connectivity index is 1.30. The van der Waals surface area contributed by atoms with E-state index in [-0.39, 0.29) is 11.6 Å². The second kappa shape index (κ2) is 9.64. The third-order valence-corrected chi connectivity index (χ3v) is 5.70. The number of alkyl halides is 3. The molecule has 0 saturated carbocycles. The lowest BCUT2D eigenvalue weighted by molar-refractivity contribution is -0.385. The first kappa shape index (κ1) is 23.4. The number of amides is 1. The van der Waals surface area contributed by atoms with Crippen molar-refractivity contribution in [3.05, 3.63) is 93.3 Å². The van der Waals surface area contributed by atoms with Gasteiger partial charge in [0.05, 0.1) is 17.0 Å². The number of piperazine rings is 1. The van der Waals surface area contributed by atoms with Crippen LogP contribution in [0, 0.1) is 10.1 Å². The Morgan fingerprint density at radius 3 is 2.32 bits per heavy atom. The predicted octanol–water partition coefficient (Wildman–Crippen LogP) is 3.82. The lowest BCUT2D eigenvalue weighted by Gasteiger charge is -2.35. The Kier molecular flexibility index (Phi) is 6.64. The molecule has 1 amide bonds. The highest BCUT2D eigenvalue weighted by molar-refractivity contribution is 5.94. The summed E-state index contributed by atoms with van der Waals surface area (Å²) in [4.78, 5) is 26.9. The molecular formula is C23H22F3N5O3. The molecular weight excluding hydrogens is 451 g/mol. The van der Waals surface area contributed by atoms with E-state index in [2.05, 4.69) is 5.10 Å². The standard InChI is InChI=1S/C23H22F3N5O3/c24-23(25,26)20-3-1-2-18(12-20)14-28-8-10-29(11-9-28)22(32)19-6-4-17(5-7-19)15-30-16-21(13-27-30)31(33)34/h1-7,12-13,16H,8-11,14-15H2. The van der Waals surface area contributed by atoms with Gasteiger partial charge < -0.3 is 4.90 Å². The van der Waals surface area contributed by atoms with Gasteiger partial charge in [-0.2, -0.15) is 18.3 Å². The highest BCUT2D eigenvalue weighted by Crippen LogP contribution is 2.29. The number of hydrogen-bond donors (Lipinski definition) is 0. The second-order valence-corrected chi connectivity index (χ2v) is 8.12. The van der Waals surface area contributed by atoms with E-state index in [9.17, 15) is 28.1 Å². The van der Waals surface area contributed by atoms with Crippen LogP contribution in [0.15, 0.2) is 60.9 Å². The molecule has 0 unspecified atom stereocenters. The molecule has 0 spiro atoms. The van der Waals surface area contributed by atoms with Gasteiger partial charge in [0, 0.05) is 38.3 Å². The third kappa shape index (κ3) is 5.60. The maximum Gasteiger partial charge on any atom is 0.416 e. The zero-order chi connectivity index (χ0) is 24.3. The van der Waals surface area contributed by atoms with Crippen LogP contribution in [-0.4, -0.2) is 56.6 Å². The monoisotopic (exact) mass is 473 g/mol. The summed E-state index contributed by atoms with van der Waals surface area (Å²) in [6.45, 7) is 2.84. The Hall–Kier alpha value is -3.73. The summed E-state index contributed by atoms with van der Waals surface area (Å²) in [7, 11) is 0. The van der Waals surface area contributed by atoms with Crippen molar-refractivity contribution in [3.8, 4) is 0 Å². The van der Waals surface area contributed by atoms with E-state index in [1.54, 1.807) is 35.2 Å². The first-order valence-corrected chi connectivity index (χ1v) is 10.6. The molecule has 4 rings (SSSR count). The minimum absolute atomic E-state index is 0.0843. The van der Waals surface area contributed by atoms with Gasteiger partial charge in [0.2, 0.25) is 0 Å². The number of nitro groups is 1. The van der Waals surface area contributed by atoms with Crippen molar-refractivity contribution in [2.45, 2.75) is 19.3 Å². The fraction of sp³-hybridized carbons (Fsp3) is 0.304. The number of nitrogens with zero attached hydrogens (tertiary/aromatic N) is 5. The number of aromatic nitrogens is 2. The van der Waals surface area contributed by atoms with E-state index in [1.807, 2.05) is 4.90 Å². The van der Waals surface area contributed by atoms with Gasteiger partial charge in [0.25, 0.3) is 5.91 Å². The zero-order valence-electron chi connectivity index (χ0n) is 18.1. The Labute approximate surface area is 193 Å². The fourth-order valence-corrected chi connectivity index (χ4v) is 3.87. The first-order valence-electron chi connectivity index (χ1n) is 10.6. The quantitative estimate of drug-likeness (QED) is 0.402. The summed E-state index contributed by atoms with van der Waals surface area (Å²) < 4.78 is 40.2. The van der Waals surface area contributed by atoms with E-state index < -0.39 is 16.7 Å². The molecule has 1 aliphatic rings. The van der Waals surface area contributed by atoms with E-state index in [0.29, 0.717) is 50.4 Å². The molecule has 0 atom stereocenters. The molecule has 3 aromatic rings. The van der Waals surface area contributed by atoms with Gasteiger partial charge in [-0.3, -0.25) is 24.5 Å². The number of hydrogen-bond acceptors (Lipinski definition) is 5. The molecule has 0 radical (unpaired) electrons. The molecule has 1 aliphatic heterocycles. The number of halogens is 3. The predicted molar refractivity (Wildman–Crippen MR) is 117 cm³/mol. The van der Waals surface area contributed by atoms with Crippen molar-refractivity contribution in [2.24, 2.45) is 0 Å². The largest absolute Gasteiger partial charge is 0.416 e. The van der Waals surface area contributed by atoms with E-state index in [1.165, 1.54) is 29.2 Å². The lowest BCUT2D eigenvalue weighted by Crippen LogP contribution is -2.48. The number of rotatable bonds is 6. The van der Waals surface area contributed by atoms with Crippen molar-refractivity contribution in [1.82, 2.24) is 19.6 Å². The maximum atomic E-state index is 12.9. The average molecular weight is 473 g/mol. The molecule has 8 nitrogen and oxygen atoms in total. The lowest BCUT2D eigenvalue weighted by atomic mass is 10.1. The Morgan fingerprint density at radius 1 is 1.00 bits per heavy atom. The van der Waals surface area contributed by atoms with Crippen molar-refractivity contribution >= 4 is 11.6 Å². The SMILES string of the molecule is O=C(c1ccc(Cn2cc([N+](=O)[O-])cn2)cc1)N1CCN(Cc2cccc(C(F)(F)F)c2)CC1. The molecule has 11 heteroatoms. The van der Waals surface area contributed by atoms with Crippen LogP contribution in [-0.2, 0) is 19.3 Å². The van der Waals surface area contributed by atoms with Crippen molar-refractivity contribution < 1.29 is 22.9 Å². The van der Waals surface area contributed by atoms with Gasteiger partial charge in [-0.15, -0.1) is 0 Å². The second-order valence-electron chi connectivity index (χ2n) is 8.12. The smallest absolute Gasteiger partial charge is 0.336 e. The molecule has 1 aromatic heterocycles. The zero-order valence-corrected chi connectivity index (χ0v) is 18.1. The van der Waals surface area contributed by atoms with E-state index >= 15 is 0 Å². The summed E-state index contributed by atoms with van der Waals surface area (Å²) in [5.41, 5.74) is 1.22. The van der Waals surface area contributed by atoms with Crippen LogP contribution in [0.25, 0.3) is 0 Å². The van der Waals surface area contributed by atoms with Crippen molar-refractivity contribution in [2.75, 3.05) is 26.2 Å². The fourth-order valence-electron chi connectivity index (χ4n) is 3.87. The molecule has 1 saturated heterocycles. The number of carbonyl (C=O) groups is 1. The summed E-state index contributed by atoms with van der Waals surface area (Å²) in [5, 5.41) is 14.7. The van der Waals surface area contributed by atoms with Crippen LogP contribution in [0.4, 0.5) is 18.9 Å². The number of benzene rings is 2. The molecule has 1 fully saturated rings. The minimum Gasteiger partial charge on any atom is -0.336 e. The molecule has 0 bridgehead atoms. The maximum absolute atomic E-state index is 12.9. The van der Waals surface area contributed by atoms with Gasteiger partial charge in [0.1, 0.15) is 12.4 Å². The summed E-state index contributed by atoms with van der Waals surface area (Å²) in [5.74, 6) is -0.111. The van der Waals surface area contributed by atoms with Crippen molar-refractivity contribution in [3.63, 3.8) is 0 Å². The normalized spacial score (nSPS) is 14.9. The van der Waals surface area contributed by atoms with Gasteiger partial charge in [0.15, 0.2) is 0 Å². The summed E-state index contributed by atoms with van der Waals surface area (Å²) in [6, 6.07) is 12.3. The summed E-state index contributed by atoms with van der Waals surface area (Å²) in [6.07, 6.45) is -1.84. The minimum atomic E-state index is -4.37. The van der Waals surface area contributed by atoms with Crippen molar-refractivity contribution in [1.29, 1.82) is 0 Å². The molecule has 2 heterocycles. The van der Waals surface area contributed by atoms with Crippen LogP contribution in [0.3, 0.4) is 0 Å². The molecule has 34 heavy (non-hydrogen) atoms. The topological polar surface area (TPSA) is 84.5 Å². The van der Waals surface area contributed by atoms with Crippen LogP contribution >= 0.6 is 0 Å². The third-order valence-electron chi connectivity index (χ3n) is 5.70. The average Bonchev–Trinajstić information content (AvgIpc) is 3.28. The molecule has 178 valence electrons. The van der Waals surface area contributed by atoms with Gasteiger partial charge in [-0.05, 0) is 29.3 Å². The van der Waals surface area contributed by atoms with E-state index in [4.69, 9.17) is 0 Å². The highest BCUT2D eigenvalue weighted by Gasteiger charge is 2.30. The Bertz CT molecular complexity index is 1170. The van der Waals surface area contributed by atoms with E-state index in [0.717, 1.165) is 11.6 Å². The van der Waals surface area contributed by atoms with Crippen LogP contribution in [0.1, 0.15) is 27.0 Å². The van der Waals surface area contributed by atoms with Gasteiger partial charge in [-0.25, -0.2) is 0 Å².